The summed E-state index contributed by atoms with van der Waals surface area (Å²) in [4.78, 5) is 36.7. The van der Waals surface area contributed by atoms with Crippen molar-refractivity contribution in [3.63, 3.8) is 0 Å². The van der Waals surface area contributed by atoms with Gasteiger partial charge in [0, 0.05) is 37.6 Å². The standard InChI is InChI=1S/C31H35FN8O4/c1-31(29(41)36-23-4-2-10-33-18-23)19-43-28(44-20-31)27-38-25(21-5-7-22(32)8-6-21)26(39-27)24-9-12-35-30(37-24)34-11-3-13-40-14-16-42-17-15-40/h2,4-10,12,18,28H,3,11,13-17,19-20H2,1H3,(H,36,41)(H,38,39)(H,34,35,37). The third-order valence-corrected chi connectivity index (χ3v) is 7.59. The third-order valence-electron chi connectivity index (χ3n) is 7.59. The molecule has 2 aliphatic rings. The first-order valence-corrected chi connectivity index (χ1v) is 14.6. The molecule has 2 saturated heterocycles. The zero-order valence-corrected chi connectivity index (χ0v) is 24.5. The van der Waals surface area contributed by atoms with E-state index >= 15 is 0 Å². The average Bonchev–Trinajstić information content (AvgIpc) is 3.50. The SMILES string of the molecule is CC1(C(=O)Nc2cccnc2)COC(c2nc(-c3ccc(F)cc3)c(-c3ccnc(NCCCN4CCOCC4)n3)[nH]2)OC1. The van der Waals surface area contributed by atoms with E-state index in [9.17, 15) is 9.18 Å². The summed E-state index contributed by atoms with van der Waals surface area (Å²) in [6.45, 7) is 7.14. The fraction of sp³-hybridized carbons (Fsp3) is 0.387. The van der Waals surface area contributed by atoms with E-state index in [0.29, 0.717) is 40.1 Å². The van der Waals surface area contributed by atoms with E-state index in [0.717, 1.165) is 45.8 Å². The van der Waals surface area contributed by atoms with Gasteiger partial charge < -0.3 is 29.8 Å². The summed E-state index contributed by atoms with van der Waals surface area (Å²) < 4.78 is 31.2. The van der Waals surface area contributed by atoms with Gasteiger partial charge in [-0.05, 0) is 62.4 Å². The Hall–Kier alpha value is -4.30. The number of aromatic amines is 1. The molecular weight excluding hydrogens is 567 g/mol. The van der Waals surface area contributed by atoms with Gasteiger partial charge in [0.25, 0.3) is 0 Å². The van der Waals surface area contributed by atoms with Crippen molar-refractivity contribution in [1.82, 2.24) is 29.8 Å². The van der Waals surface area contributed by atoms with Crippen LogP contribution in [0.4, 0.5) is 16.0 Å². The van der Waals surface area contributed by atoms with E-state index in [4.69, 9.17) is 24.2 Å². The van der Waals surface area contributed by atoms with Gasteiger partial charge in [-0.15, -0.1) is 0 Å². The van der Waals surface area contributed by atoms with Crippen LogP contribution in [-0.4, -0.2) is 88.3 Å². The van der Waals surface area contributed by atoms with Crippen molar-refractivity contribution in [3.8, 4) is 22.6 Å². The second-order valence-corrected chi connectivity index (χ2v) is 11.1. The summed E-state index contributed by atoms with van der Waals surface area (Å²) in [5.74, 6) is 0.320. The molecule has 0 bridgehead atoms. The van der Waals surface area contributed by atoms with Gasteiger partial charge in [-0.1, -0.05) is 0 Å². The molecule has 230 valence electrons. The maximum Gasteiger partial charge on any atom is 0.235 e. The van der Waals surface area contributed by atoms with Gasteiger partial charge in [0.2, 0.25) is 18.1 Å². The van der Waals surface area contributed by atoms with Crippen LogP contribution in [0, 0.1) is 11.2 Å². The molecule has 3 N–H and O–H groups in total. The second-order valence-electron chi connectivity index (χ2n) is 11.1. The van der Waals surface area contributed by atoms with Crippen molar-refractivity contribution in [2.45, 2.75) is 19.6 Å². The van der Waals surface area contributed by atoms with Crippen molar-refractivity contribution in [2.24, 2.45) is 5.41 Å². The molecule has 44 heavy (non-hydrogen) atoms. The monoisotopic (exact) mass is 602 g/mol. The van der Waals surface area contributed by atoms with Crippen molar-refractivity contribution < 1.29 is 23.4 Å². The number of ether oxygens (including phenoxy) is 3. The number of hydrogen-bond donors (Lipinski definition) is 3. The lowest BCUT2D eigenvalue weighted by molar-refractivity contribution is -0.229. The summed E-state index contributed by atoms with van der Waals surface area (Å²) >= 11 is 0. The van der Waals surface area contributed by atoms with Crippen molar-refractivity contribution in [2.75, 3.05) is 63.2 Å². The molecule has 0 unspecified atom stereocenters. The number of carbonyl (C=O) groups excluding carboxylic acids is 1. The number of carbonyl (C=O) groups is 1. The highest BCUT2D eigenvalue weighted by molar-refractivity contribution is 5.95. The second kappa shape index (κ2) is 13.6. The van der Waals surface area contributed by atoms with Gasteiger partial charge in [0.15, 0.2) is 5.82 Å². The Bertz CT molecular complexity index is 1540. The predicted molar refractivity (Wildman–Crippen MR) is 161 cm³/mol. The molecule has 5 heterocycles. The number of benzene rings is 1. The molecule has 2 fully saturated rings. The van der Waals surface area contributed by atoms with Crippen LogP contribution in [0.15, 0.2) is 61.1 Å². The Labute approximate surface area is 254 Å². The van der Waals surface area contributed by atoms with Crippen molar-refractivity contribution >= 4 is 17.5 Å². The van der Waals surface area contributed by atoms with Gasteiger partial charge >= 0.3 is 0 Å². The van der Waals surface area contributed by atoms with Crippen LogP contribution in [0.5, 0.6) is 0 Å². The lowest BCUT2D eigenvalue weighted by Gasteiger charge is -2.35. The molecule has 12 nitrogen and oxygen atoms in total. The van der Waals surface area contributed by atoms with Gasteiger partial charge in [-0.2, -0.15) is 0 Å². The maximum absolute atomic E-state index is 13.8. The van der Waals surface area contributed by atoms with E-state index in [1.54, 1.807) is 55.8 Å². The molecule has 13 heteroatoms. The molecule has 0 spiro atoms. The lowest BCUT2D eigenvalue weighted by Crippen LogP contribution is -2.45. The van der Waals surface area contributed by atoms with Crippen LogP contribution in [0.3, 0.4) is 0 Å². The number of nitrogens with zero attached hydrogens (tertiary/aromatic N) is 5. The maximum atomic E-state index is 13.8. The fourth-order valence-electron chi connectivity index (χ4n) is 5.03. The largest absolute Gasteiger partial charge is 0.379 e. The van der Waals surface area contributed by atoms with Crippen LogP contribution in [0.1, 0.15) is 25.5 Å². The smallest absolute Gasteiger partial charge is 0.235 e. The van der Waals surface area contributed by atoms with Crippen LogP contribution in [0.2, 0.25) is 0 Å². The van der Waals surface area contributed by atoms with E-state index in [-0.39, 0.29) is 24.9 Å². The molecule has 6 rings (SSSR count). The summed E-state index contributed by atoms with van der Waals surface area (Å²) in [5.41, 5.74) is 2.14. The van der Waals surface area contributed by atoms with Crippen LogP contribution in [0.25, 0.3) is 22.6 Å². The van der Waals surface area contributed by atoms with Gasteiger partial charge in [0.05, 0.1) is 60.8 Å². The number of hydrogen-bond acceptors (Lipinski definition) is 10. The Morgan fingerprint density at radius 2 is 1.89 bits per heavy atom. The minimum absolute atomic E-state index is 0.109. The van der Waals surface area contributed by atoms with Crippen molar-refractivity contribution in [1.29, 1.82) is 0 Å². The fourth-order valence-corrected chi connectivity index (χ4v) is 5.03. The van der Waals surface area contributed by atoms with E-state index in [1.165, 1.54) is 12.1 Å². The molecule has 4 aromatic rings. The Kier molecular flexibility index (Phi) is 9.17. The molecule has 0 radical (unpaired) electrons. The highest BCUT2D eigenvalue weighted by Gasteiger charge is 2.41. The van der Waals surface area contributed by atoms with E-state index in [1.807, 2.05) is 0 Å². The number of rotatable bonds is 10. The zero-order valence-electron chi connectivity index (χ0n) is 24.5. The number of imidazole rings is 1. The van der Waals surface area contributed by atoms with Crippen LogP contribution < -0.4 is 10.6 Å². The molecule has 3 aromatic heterocycles. The quantitative estimate of drug-likeness (QED) is 0.229. The summed E-state index contributed by atoms with van der Waals surface area (Å²) in [6, 6.07) is 11.4. The Morgan fingerprint density at radius 1 is 1.09 bits per heavy atom. The number of anilines is 2. The number of H-pyrrole nitrogens is 1. The first-order chi connectivity index (χ1) is 21.5. The Morgan fingerprint density at radius 3 is 2.64 bits per heavy atom. The summed E-state index contributed by atoms with van der Waals surface area (Å²) in [7, 11) is 0. The topological polar surface area (TPSA) is 139 Å². The van der Waals surface area contributed by atoms with E-state index < -0.39 is 11.7 Å². The first-order valence-electron chi connectivity index (χ1n) is 14.6. The van der Waals surface area contributed by atoms with Gasteiger partial charge in [-0.3, -0.25) is 14.7 Å². The number of morpholine rings is 1. The highest BCUT2D eigenvalue weighted by atomic mass is 19.1. The molecule has 1 aromatic carbocycles. The molecule has 0 aliphatic carbocycles. The highest BCUT2D eigenvalue weighted by Crippen LogP contribution is 2.36. The van der Waals surface area contributed by atoms with E-state index in [2.05, 4.69) is 30.5 Å². The minimum atomic E-state index is -0.920. The number of halogens is 1. The number of pyridine rings is 1. The lowest BCUT2D eigenvalue weighted by atomic mass is 9.91. The van der Waals surface area contributed by atoms with Crippen LogP contribution >= 0.6 is 0 Å². The molecule has 0 atom stereocenters. The van der Waals surface area contributed by atoms with Gasteiger partial charge in [-0.25, -0.2) is 19.3 Å². The molecule has 2 aliphatic heterocycles. The number of amides is 1. The predicted octanol–water partition coefficient (Wildman–Crippen LogP) is 3.89. The summed E-state index contributed by atoms with van der Waals surface area (Å²) in [6.07, 6.45) is 5.00. The number of aromatic nitrogens is 5. The normalized spacial score (nSPS) is 20.7. The van der Waals surface area contributed by atoms with Gasteiger partial charge in [0.1, 0.15) is 5.82 Å². The molecule has 0 saturated carbocycles. The molecular formula is C31H35FN8O4. The first kappa shape index (κ1) is 29.8. The average molecular weight is 603 g/mol. The Balaban J connectivity index is 1.17. The number of nitrogens with one attached hydrogen (secondary N) is 3. The van der Waals surface area contributed by atoms with Crippen molar-refractivity contribution in [3.05, 3.63) is 72.7 Å². The minimum Gasteiger partial charge on any atom is -0.379 e. The summed E-state index contributed by atoms with van der Waals surface area (Å²) in [5, 5.41) is 6.18. The third kappa shape index (κ3) is 7.08. The zero-order chi connectivity index (χ0) is 30.4. The van der Waals surface area contributed by atoms with Crippen LogP contribution in [-0.2, 0) is 19.0 Å². The molecule has 1 amide bonds.